The van der Waals surface area contributed by atoms with E-state index in [4.69, 9.17) is 0 Å². The predicted molar refractivity (Wildman–Crippen MR) is 98.5 cm³/mol. The summed E-state index contributed by atoms with van der Waals surface area (Å²) >= 11 is 0. The molecule has 2 heteroatoms. The van der Waals surface area contributed by atoms with Crippen LogP contribution in [-0.4, -0.2) is 14.1 Å². The third-order valence-electron chi connectivity index (χ3n) is 4.46. The summed E-state index contributed by atoms with van der Waals surface area (Å²) in [5, 5.41) is 0. The summed E-state index contributed by atoms with van der Waals surface area (Å²) < 4.78 is 0. The number of quaternary nitrogens is 1. The molecule has 0 aliphatic carbocycles. The Balaban J connectivity index is 0.00000484. The zero-order valence-corrected chi connectivity index (χ0v) is 16.4. The lowest BCUT2D eigenvalue weighted by molar-refractivity contribution is -0.872. The SMILES string of the molecule is CCCCCCCCCCCCc1ccccc1C[NH+](C)C.[Cl-]. The molecular formula is C21H38ClN. The Morgan fingerprint density at radius 3 is 1.70 bits per heavy atom. The Morgan fingerprint density at radius 2 is 1.17 bits per heavy atom. The normalized spacial score (nSPS) is 10.8. The standard InChI is InChI=1S/C21H37N.ClH/c1-4-5-6-7-8-9-10-11-12-13-16-20-17-14-15-18-21(20)19-22(2)3;/h14-15,17-18H,4-13,16,19H2,1-3H3;1H. The first kappa shape index (κ1) is 22.5. The van der Waals surface area contributed by atoms with Crippen molar-refractivity contribution in [1.82, 2.24) is 0 Å². The highest BCUT2D eigenvalue weighted by Gasteiger charge is 2.04. The van der Waals surface area contributed by atoms with Gasteiger partial charge in [-0.3, -0.25) is 0 Å². The second kappa shape index (κ2) is 15.0. The predicted octanol–water partition coefficient (Wildman–Crippen LogP) is 1.80. The van der Waals surface area contributed by atoms with E-state index in [-0.39, 0.29) is 12.4 Å². The van der Waals surface area contributed by atoms with Crippen molar-refractivity contribution in [3.05, 3.63) is 35.4 Å². The molecule has 23 heavy (non-hydrogen) atoms. The quantitative estimate of drug-likeness (QED) is 0.523. The van der Waals surface area contributed by atoms with E-state index >= 15 is 0 Å². The van der Waals surface area contributed by atoms with Crippen LogP contribution >= 0.6 is 0 Å². The van der Waals surface area contributed by atoms with E-state index in [1.165, 1.54) is 75.5 Å². The first-order valence-electron chi connectivity index (χ1n) is 9.60. The highest BCUT2D eigenvalue weighted by Crippen LogP contribution is 2.14. The van der Waals surface area contributed by atoms with Gasteiger partial charge in [-0.2, -0.15) is 0 Å². The molecule has 0 aliphatic rings. The molecule has 0 fully saturated rings. The second-order valence-corrected chi connectivity index (χ2v) is 7.08. The van der Waals surface area contributed by atoms with Gasteiger partial charge in [-0.1, -0.05) is 89.0 Å². The molecular weight excluding hydrogens is 302 g/mol. The van der Waals surface area contributed by atoms with Crippen LogP contribution < -0.4 is 17.3 Å². The van der Waals surface area contributed by atoms with Gasteiger partial charge in [-0.15, -0.1) is 0 Å². The van der Waals surface area contributed by atoms with Crippen LogP contribution in [0.15, 0.2) is 24.3 Å². The number of benzene rings is 1. The zero-order chi connectivity index (χ0) is 16.0. The largest absolute Gasteiger partial charge is 1.00 e. The smallest absolute Gasteiger partial charge is 0.103 e. The maximum absolute atomic E-state index is 2.33. The molecule has 0 amide bonds. The molecule has 0 radical (unpaired) electrons. The number of aryl methyl sites for hydroxylation is 1. The third-order valence-corrected chi connectivity index (χ3v) is 4.46. The van der Waals surface area contributed by atoms with E-state index in [1.54, 1.807) is 11.1 Å². The average Bonchev–Trinajstić information content (AvgIpc) is 2.50. The molecule has 1 aromatic carbocycles. The minimum atomic E-state index is 0. The van der Waals surface area contributed by atoms with Crippen LogP contribution in [0.5, 0.6) is 0 Å². The summed E-state index contributed by atoms with van der Waals surface area (Å²) in [6.07, 6.45) is 15.5. The Bertz CT molecular complexity index is 376. The number of nitrogens with one attached hydrogen (secondary N) is 1. The van der Waals surface area contributed by atoms with Crippen molar-refractivity contribution in [2.75, 3.05) is 14.1 Å². The van der Waals surface area contributed by atoms with Crippen molar-refractivity contribution in [2.24, 2.45) is 0 Å². The van der Waals surface area contributed by atoms with E-state index in [2.05, 4.69) is 45.3 Å². The fraction of sp³-hybridized carbons (Fsp3) is 0.714. The van der Waals surface area contributed by atoms with Gasteiger partial charge in [0.1, 0.15) is 6.54 Å². The minimum absolute atomic E-state index is 0. The summed E-state index contributed by atoms with van der Waals surface area (Å²) in [6, 6.07) is 9.01. The molecule has 1 aromatic rings. The van der Waals surface area contributed by atoms with E-state index in [0.29, 0.717) is 0 Å². The molecule has 0 saturated carbocycles. The van der Waals surface area contributed by atoms with E-state index in [0.717, 1.165) is 6.54 Å². The molecule has 0 spiro atoms. The second-order valence-electron chi connectivity index (χ2n) is 7.08. The number of rotatable bonds is 13. The molecule has 0 unspecified atom stereocenters. The van der Waals surface area contributed by atoms with Crippen molar-refractivity contribution >= 4 is 0 Å². The fourth-order valence-corrected chi connectivity index (χ4v) is 3.16. The Hall–Kier alpha value is -0.530. The zero-order valence-electron chi connectivity index (χ0n) is 15.7. The summed E-state index contributed by atoms with van der Waals surface area (Å²) in [5.74, 6) is 0. The van der Waals surface area contributed by atoms with Crippen LogP contribution in [-0.2, 0) is 13.0 Å². The van der Waals surface area contributed by atoms with Crippen LogP contribution in [0.2, 0.25) is 0 Å². The van der Waals surface area contributed by atoms with E-state index < -0.39 is 0 Å². The maximum Gasteiger partial charge on any atom is 0.103 e. The van der Waals surface area contributed by atoms with Gasteiger partial charge in [0, 0.05) is 5.56 Å². The van der Waals surface area contributed by atoms with Gasteiger partial charge < -0.3 is 17.3 Å². The van der Waals surface area contributed by atoms with Crippen molar-refractivity contribution < 1.29 is 17.3 Å². The maximum atomic E-state index is 2.33. The summed E-state index contributed by atoms with van der Waals surface area (Å²) in [4.78, 5) is 1.51. The first-order chi connectivity index (χ1) is 10.7. The molecule has 1 nitrogen and oxygen atoms in total. The summed E-state index contributed by atoms with van der Waals surface area (Å²) in [6.45, 7) is 3.44. The third kappa shape index (κ3) is 11.6. The van der Waals surface area contributed by atoms with Gasteiger partial charge in [0.2, 0.25) is 0 Å². The lowest BCUT2D eigenvalue weighted by Crippen LogP contribution is -3.04. The lowest BCUT2D eigenvalue weighted by atomic mass is 10.00. The van der Waals surface area contributed by atoms with Gasteiger partial charge in [-0.25, -0.2) is 0 Å². The molecule has 134 valence electrons. The van der Waals surface area contributed by atoms with E-state index in [9.17, 15) is 0 Å². The molecule has 1 rings (SSSR count). The van der Waals surface area contributed by atoms with Gasteiger partial charge in [0.15, 0.2) is 0 Å². The fourth-order valence-electron chi connectivity index (χ4n) is 3.16. The molecule has 0 saturated heterocycles. The summed E-state index contributed by atoms with van der Waals surface area (Å²) in [5.41, 5.74) is 3.11. The van der Waals surface area contributed by atoms with Crippen molar-refractivity contribution in [2.45, 2.75) is 84.1 Å². The van der Waals surface area contributed by atoms with Crippen LogP contribution in [0.3, 0.4) is 0 Å². The van der Waals surface area contributed by atoms with Gasteiger partial charge in [0.25, 0.3) is 0 Å². The van der Waals surface area contributed by atoms with Gasteiger partial charge in [-0.05, 0) is 18.4 Å². The van der Waals surface area contributed by atoms with Crippen LogP contribution in [0.4, 0.5) is 0 Å². The molecule has 0 atom stereocenters. The van der Waals surface area contributed by atoms with Crippen LogP contribution in [0.1, 0.15) is 82.3 Å². The lowest BCUT2D eigenvalue weighted by Gasteiger charge is -2.12. The highest BCUT2D eigenvalue weighted by molar-refractivity contribution is 5.26. The van der Waals surface area contributed by atoms with Crippen LogP contribution in [0, 0.1) is 0 Å². The number of hydrogen-bond donors (Lipinski definition) is 1. The van der Waals surface area contributed by atoms with Gasteiger partial charge in [0.05, 0.1) is 14.1 Å². The molecule has 0 heterocycles. The number of hydrogen-bond acceptors (Lipinski definition) is 0. The Labute approximate surface area is 151 Å². The molecule has 0 bridgehead atoms. The molecule has 1 N–H and O–H groups in total. The monoisotopic (exact) mass is 339 g/mol. The average molecular weight is 340 g/mol. The minimum Gasteiger partial charge on any atom is -1.00 e. The van der Waals surface area contributed by atoms with Crippen molar-refractivity contribution in [3.63, 3.8) is 0 Å². The number of halogens is 1. The Kier molecular flexibility index (Phi) is 14.7. The van der Waals surface area contributed by atoms with Crippen LogP contribution in [0.25, 0.3) is 0 Å². The number of unbranched alkanes of at least 4 members (excludes halogenated alkanes) is 9. The van der Waals surface area contributed by atoms with Gasteiger partial charge >= 0.3 is 0 Å². The Morgan fingerprint density at radius 1 is 0.696 bits per heavy atom. The highest BCUT2D eigenvalue weighted by atomic mass is 35.5. The molecule has 0 aromatic heterocycles. The topological polar surface area (TPSA) is 4.44 Å². The first-order valence-corrected chi connectivity index (χ1v) is 9.60. The molecule has 0 aliphatic heterocycles. The van der Waals surface area contributed by atoms with Crippen molar-refractivity contribution in [3.8, 4) is 0 Å². The summed E-state index contributed by atoms with van der Waals surface area (Å²) in [7, 11) is 4.47. The van der Waals surface area contributed by atoms with Crippen molar-refractivity contribution in [1.29, 1.82) is 0 Å². The van der Waals surface area contributed by atoms with E-state index in [1.807, 2.05) is 0 Å².